The quantitative estimate of drug-likeness (QED) is 0.566. The number of para-hydroxylation sites is 1. The van der Waals surface area contributed by atoms with E-state index in [1.165, 1.54) is 26.4 Å². The van der Waals surface area contributed by atoms with Crippen molar-refractivity contribution in [3.8, 4) is 17.2 Å². The zero-order valence-corrected chi connectivity index (χ0v) is 7.31. The maximum absolute atomic E-state index is 9.44. The number of rotatable bonds is 4. The lowest BCUT2D eigenvalue weighted by Gasteiger charge is -2.06. The van der Waals surface area contributed by atoms with E-state index in [1.807, 2.05) is 0 Å². The van der Waals surface area contributed by atoms with Gasteiger partial charge in [-0.25, -0.2) is 0 Å². The molecule has 0 aromatic heterocycles. The number of hydrogen-bond donors (Lipinski definition) is 1. The van der Waals surface area contributed by atoms with Gasteiger partial charge in [-0.2, -0.15) is 9.78 Å². The van der Waals surface area contributed by atoms with Crippen LogP contribution in [-0.2, 0) is 9.78 Å². The molecule has 0 atom stereocenters. The second-order valence-electron chi connectivity index (χ2n) is 2.10. The highest BCUT2D eigenvalue weighted by atomic mass is 17.2. The Balaban J connectivity index is 2.89. The molecular weight excluding hydrogens is 176 g/mol. The first kappa shape index (κ1) is 9.63. The van der Waals surface area contributed by atoms with Crippen molar-refractivity contribution in [2.24, 2.45) is 0 Å². The summed E-state index contributed by atoms with van der Waals surface area (Å²) in [5.41, 5.74) is 0. The average molecular weight is 186 g/mol. The summed E-state index contributed by atoms with van der Waals surface area (Å²) in [6.07, 6.45) is 0. The molecule has 0 spiro atoms. The summed E-state index contributed by atoms with van der Waals surface area (Å²) in [6, 6.07) is 4.69. The lowest BCUT2D eigenvalue weighted by atomic mass is 10.3. The van der Waals surface area contributed by atoms with Crippen molar-refractivity contribution in [1.82, 2.24) is 0 Å². The topological polar surface area (TPSA) is 57.2 Å². The minimum absolute atomic E-state index is 0.164. The number of phenolic OH excluding ortho intramolecular Hbond substituents is 1. The van der Waals surface area contributed by atoms with E-state index < -0.39 is 0 Å². The molecule has 0 aliphatic carbocycles. The molecule has 1 N–H and O–H groups in total. The second kappa shape index (κ2) is 4.54. The van der Waals surface area contributed by atoms with Crippen molar-refractivity contribution in [1.29, 1.82) is 0 Å². The van der Waals surface area contributed by atoms with Gasteiger partial charge in [0.2, 0.25) is 17.2 Å². The Morgan fingerprint density at radius 1 is 1.00 bits per heavy atom. The molecule has 1 aromatic carbocycles. The van der Waals surface area contributed by atoms with Crippen LogP contribution in [0.15, 0.2) is 18.2 Å². The SMILES string of the molecule is COOc1cccc(OOC)c1O. The van der Waals surface area contributed by atoms with Gasteiger partial charge < -0.3 is 14.9 Å². The van der Waals surface area contributed by atoms with E-state index in [9.17, 15) is 5.11 Å². The third-order valence-corrected chi connectivity index (χ3v) is 1.31. The lowest BCUT2D eigenvalue weighted by molar-refractivity contribution is -0.186. The third kappa shape index (κ3) is 2.24. The monoisotopic (exact) mass is 186 g/mol. The van der Waals surface area contributed by atoms with Gasteiger partial charge in [0.1, 0.15) is 0 Å². The van der Waals surface area contributed by atoms with Gasteiger partial charge in [0.25, 0.3) is 0 Å². The van der Waals surface area contributed by atoms with Crippen LogP contribution >= 0.6 is 0 Å². The molecule has 5 heteroatoms. The molecule has 1 aromatic rings. The van der Waals surface area contributed by atoms with Gasteiger partial charge in [0, 0.05) is 0 Å². The fourth-order valence-corrected chi connectivity index (χ4v) is 0.816. The van der Waals surface area contributed by atoms with Gasteiger partial charge in [-0.1, -0.05) is 6.07 Å². The van der Waals surface area contributed by atoms with Crippen LogP contribution in [-0.4, -0.2) is 19.3 Å². The van der Waals surface area contributed by atoms with E-state index in [1.54, 1.807) is 6.07 Å². The summed E-state index contributed by atoms with van der Waals surface area (Å²) in [5.74, 6) is 0.153. The predicted molar refractivity (Wildman–Crippen MR) is 43.4 cm³/mol. The van der Waals surface area contributed by atoms with Crippen molar-refractivity contribution in [3.63, 3.8) is 0 Å². The zero-order valence-electron chi connectivity index (χ0n) is 7.31. The van der Waals surface area contributed by atoms with Crippen molar-refractivity contribution < 1.29 is 24.7 Å². The molecule has 0 heterocycles. The molecule has 0 fully saturated rings. The highest BCUT2D eigenvalue weighted by Gasteiger charge is 2.10. The Morgan fingerprint density at radius 2 is 1.46 bits per heavy atom. The molecule has 0 unspecified atom stereocenters. The van der Waals surface area contributed by atoms with Crippen LogP contribution in [0.3, 0.4) is 0 Å². The second-order valence-corrected chi connectivity index (χ2v) is 2.10. The summed E-state index contributed by atoms with van der Waals surface area (Å²) < 4.78 is 0. The van der Waals surface area contributed by atoms with Crippen LogP contribution < -0.4 is 9.78 Å². The van der Waals surface area contributed by atoms with Crippen molar-refractivity contribution in [2.45, 2.75) is 0 Å². The molecular formula is C8H10O5. The van der Waals surface area contributed by atoms with Crippen molar-refractivity contribution in [2.75, 3.05) is 14.2 Å². The zero-order chi connectivity index (χ0) is 9.68. The van der Waals surface area contributed by atoms with Crippen LogP contribution in [0, 0.1) is 0 Å². The van der Waals surface area contributed by atoms with Crippen LogP contribution in [0.1, 0.15) is 0 Å². The molecule has 72 valence electrons. The van der Waals surface area contributed by atoms with E-state index in [0.717, 1.165) is 0 Å². The highest BCUT2D eigenvalue weighted by molar-refractivity contribution is 5.49. The third-order valence-electron chi connectivity index (χ3n) is 1.31. The Labute approximate surface area is 75.3 Å². The van der Waals surface area contributed by atoms with Crippen molar-refractivity contribution >= 4 is 0 Å². The number of phenols is 1. The maximum atomic E-state index is 9.44. The minimum atomic E-state index is -0.175. The molecule has 13 heavy (non-hydrogen) atoms. The molecule has 0 saturated carbocycles. The van der Waals surface area contributed by atoms with E-state index in [-0.39, 0.29) is 17.2 Å². The smallest absolute Gasteiger partial charge is 0.210 e. The molecule has 0 aliphatic rings. The summed E-state index contributed by atoms with van der Waals surface area (Å²) in [5, 5.41) is 9.44. The van der Waals surface area contributed by atoms with Crippen molar-refractivity contribution in [3.05, 3.63) is 18.2 Å². The molecule has 0 radical (unpaired) electrons. The predicted octanol–water partition coefficient (Wildman–Crippen LogP) is 1.27. The van der Waals surface area contributed by atoms with Crippen LogP contribution in [0.5, 0.6) is 17.2 Å². The molecule has 0 bridgehead atoms. The summed E-state index contributed by atoms with van der Waals surface area (Å²) in [4.78, 5) is 18.0. The van der Waals surface area contributed by atoms with Gasteiger partial charge in [0.15, 0.2) is 0 Å². The highest BCUT2D eigenvalue weighted by Crippen LogP contribution is 2.35. The summed E-state index contributed by atoms with van der Waals surface area (Å²) >= 11 is 0. The normalized spacial score (nSPS) is 9.69. The first-order chi connectivity index (χ1) is 6.29. The fraction of sp³-hybridized carbons (Fsp3) is 0.250. The van der Waals surface area contributed by atoms with E-state index >= 15 is 0 Å². The van der Waals surface area contributed by atoms with Gasteiger partial charge in [0.05, 0.1) is 14.2 Å². The standard InChI is InChI=1S/C8H10O5/c1-10-12-6-4-3-5-7(8(6)9)13-11-2/h3-5,9H,1-2H3. The largest absolute Gasteiger partial charge is 0.501 e. The first-order valence-electron chi connectivity index (χ1n) is 3.53. The number of hydrogen-bond acceptors (Lipinski definition) is 5. The summed E-state index contributed by atoms with van der Waals surface area (Å²) in [7, 11) is 2.67. The molecule has 0 saturated heterocycles. The fourth-order valence-electron chi connectivity index (χ4n) is 0.816. The summed E-state index contributed by atoms with van der Waals surface area (Å²) in [6.45, 7) is 0. The van der Waals surface area contributed by atoms with Crippen LogP contribution in [0.2, 0.25) is 0 Å². The molecule has 0 amide bonds. The number of aromatic hydroxyl groups is 1. The Morgan fingerprint density at radius 3 is 1.85 bits per heavy atom. The van der Waals surface area contributed by atoms with Gasteiger partial charge in [-0.05, 0) is 12.1 Å². The lowest BCUT2D eigenvalue weighted by Crippen LogP contribution is -1.94. The average Bonchev–Trinajstić information content (AvgIpc) is 2.13. The van der Waals surface area contributed by atoms with Crippen LogP contribution in [0.25, 0.3) is 0 Å². The van der Waals surface area contributed by atoms with E-state index in [2.05, 4.69) is 19.6 Å². The molecule has 1 rings (SSSR count). The Hall–Kier alpha value is -1.46. The minimum Gasteiger partial charge on any atom is -0.501 e. The van der Waals surface area contributed by atoms with Crippen LogP contribution in [0.4, 0.5) is 0 Å². The van der Waals surface area contributed by atoms with Gasteiger partial charge in [-0.15, -0.1) is 0 Å². The van der Waals surface area contributed by atoms with E-state index in [0.29, 0.717) is 0 Å². The first-order valence-corrected chi connectivity index (χ1v) is 3.53. The van der Waals surface area contributed by atoms with Gasteiger partial charge >= 0.3 is 0 Å². The molecule has 5 nitrogen and oxygen atoms in total. The Kier molecular flexibility index (Phi) is 3.36. The molecule has 0 aliphatic heterocycles. The number of benzene rings is 1. The Bertz CT molecular complexity index is 249. The van der Waals surface area contributed by atoms with E-state index in [4.69, 9.17) is 0 Å². The van der Waals surface area contributed by atoms with Gasteiger partial charge in [-0.3, -0.25) is 0 Å². The maximum Gasteiger partial charge on any atom is 0.210 e.